The molecule has 33 heavy (non-hydrogen) atoms. The van der Waals surface area contributed by atoms with Crippen LogP contribution in [0.3, 0.4) is 0 Å². The van der Waals surface area contributed by atoms with Gasteiger partial charge in [-0.15, -0.1) is 23.7 Å². The van der Waals surface area contributed by atoms with Crippen LogP contribution in [0.25, 0.3) is 15.8 Å². The second-order valence-electron chi connectivity index (χ2n) is 7.73. The van der Waals surface area contributed by atoms with Crippen molar-refractivity contribution >= 4 is 33.8 Å². The molecule has 0 aliphatic carbocycles. The fourth-order valence-corrected chi connectivity index (χ4v) is 5.35. The molecule has 1 aromatic carbocycles. The Balaban J connectivity index is 0.00000259. The SMILES string of the molecule is Cl.O=c1cc(OCc2ccc(F)cn2)ccn1-c1ccc2c3c(sc2c1)CN(CCF)CC3. The summed E-state index contributed by atoms with van der Waals surface area (Å²) >= 11 is 1.72. The summed E-state index contributed by atoms with van der Waals surface area (Å²) in [5.74, 6) is 0.0231. The summed E-state index contributed by atoms with van der Waals surface area (Å²) in [5.41, 5.74) is 2.50. The van der Waals surface area contributed by atoms with Crippen molar-refractivity contribution in [3.63, 3.8) is 0 Å². The van der Waals surface area contributed by atoms with Gasteiger partial charge in [-0.2, -0.15) is 0 Å². The van der Waals surface area contributed by atoms with E-state index in [1.54, 1.807) is 34.2 Å². The first-order chi connectivity index (χ1) is 15.6. The van der Waals surface area contributed by atoms with Gasteiger partial charge in [0.05, 0.1) is 17.6 Å². The second kappa shape index (κ2) is 9.99. The van der Waals surface area contributed by atoms with Crippen molar-refractivity contribution in [2.45, 2.75) is 19.6 Å². The van der Waals surface area contributed by atoms with Crippen LogP contribution >= 0.6 is 23.7 Å². The van der Waals surface area contributed by atoms with Gasteiger partial charge in [-0.05, 0) is 47.7 Å². The van der Waals surface area contributed by atoms with Gasteiger partial charge >= 0.3 is 0 Å². The Hall–Kier alpha value is -2.81. The molecule has 0 atom stereocenters. The molecule has 0 saturated carbocycles. The van der Waals surface area contributed by atoms with Gasteiger partial charge in [0, 0.05) is 41.5 Å². The van der Waals surface area contributed by atoms with Gasteiger partial charge in [0.15, 0.2) is 0 Å². The van der Waals surface area contributed by atoms with E-state index in [1.807, 2.05) is 12.1 Å². The molecule has 1 aliphatic rings. The average Bonchev–Trinajstić information content (AvgIpc) is 3.16. The number of aromatic nitrogens is 2. The molecule has 1 aliphatic heterocycles. The summed E-state index contributed by atoms with van der Waals surface area (Å²) in [6, 6.07) is 12.1. The van der Waals surface area contributed by atoms with E-state index >= 15 is 0 Å². The van der Waals surface area contributed by atoms with E-state index in [2.05, 4.69) is 16.0 Å². The van der Waals surface area contributed by atoms with Crippen molar-refractivity contribution in [3.05, 3.63) is 87.2 Å². The number of pyridine rings is 2. The molecular formula is C24H22ClF2N3O2S. The molecule has 5 rings (SSSR count). The minimum absolute atomic E-state index is 0. The maximum absolute atomic E-state index is 13.0. The third-order valence-electron chi connectivity index (χ3n) is 5.65. The number of benzene rings is 1. The first-order valence-electron chi connectivity index (χ1n) is 10.4. The third-order valence-corrected chi connectivity index (χ3v) is 6.83. The van der Waals surface area contributed by atoms with Gasteiger partial charge in [0.2, 0.25) is 0 Å². The van der Waals surface area contributed by atoms with E-state index < -0.39 is 5.82 Å². The number of rotatable bonds is 6. The summed E-state index contributed by atoms with van der Waals surface area (Å²) in [4.78, 5) is 20.1. The lowest BCUT2D eigenvalue weighted by atomic mass is 10.0. The van der Waals surface area contributed by atoms with E-state index in [0.717, 1.165) is 36.1 Å². The Morgan fingerprint density at radius 3 is 2.79 bits per heavy atom. The molecule has 172 valence electrons. The van der Waals surface area contributed by atoms with Crippen LogP contribution in [-0.2, 0) is 19.6 Å². The number of fused-ring (bicyclic) bond motifs is 3. The van der Waals surface area contributed by atoms with Gasteiger partial charge in [0.1, 0.15) is 24.8 Å². The lowest BCUT2D eigenvalue weighted by molar-refractivity contribution is 0.234. The van der Waals surface area contributed by atoms with Crippen LogP contribution in [0, 0.1) is 5.82 Å². The zero-order valence-corrected chi connectivity index (χ0v) is 19.3. The molecule has 0 amide bonds. The van der Waals surface area contributed by atoms with E-state index in [4.69, 9.17) is 4.74 Å². The first kappa shape index (κ1) is 23.4. The van der Waals surface area contributed by atoms with Crippen LogP contribution in [0.15, 0.2) is 59.7 Å². The zero-order chi connectivity index (χ0) is 22.1. The number of halogens is 3. The van der Waals surface area contributed by atoms with Crippen LogP contribution in [0.4, 0.5) is 8.78 Å². The number of hydrogen-bond donors (Lipinski definition) is 0. The molecule has 0 unspecified atom stereocenters. The predicted octanol–water partition coefficient (Wildman–Crippen LogP) is 4.91. The van der Waals surface area contributed by atoms with E-state index in [1.165, 1.54) is 28.0 Å². The highest BCUT2D eigenvalue weighted by atomic mass is 35.5. The summed E-state index contributed by atoms with van der Waals surface area (Å²) in [6.07, 6.45) is 3.74. The monoisotopic (exact) mass is 489 g/mol. The molecule has 0 bridgehead atoms. The van der Waals surface area contributed by atoms with Gasteiger partial charge in [-0.25, -0.2) is 8.78 Å². The Bertz CT molecular complexity index is 1320. The van der Waals surface area contributed by atoms with Gasteiger partial charge in [-0.1, -0.05) is 6.07 Å². The predicted molar refractivity (Wildman–Crippen MR) is 128 cm³/mol. The van der Waals surface area contributed by atoms with Gasteiger partial charge < -0.3 is 4.74 Å². The Kier molecular flexibility index (Phi) is 7.07. The number of hydrogen-bond acceptors (Lipinski definition) is 5. The minimum Gasteiger partial charge on any atom is -0.487 e. The van der Waals surface area contributed by atoms with Crippen molar-refractivity contribution in [2.75, 3.05) is 19.8 Å². The lowest BCUT2D eigenvalue weighted by Crippen LogP contribution is -2.31. The van der Waals surface area contributed by atoms with Crippen molar-refractivity contribution in [1.82, 2.24) is 14.5 Å². The Morgan fingerprint density at radius 1 is 1.15 bits per heavy atom. The molecule has 0 fully saturated rings. The highest BCUT2D eigenvalue weighted by Crippen LogP contribution is 2.36. The number of ether oxygens (including phenoxy) is 1. The van der Waals surface area contributed by atoms with Crippen molar-refractivity contribution in [3.8, 4) is 11.4 Å². The quantitative estimate of drug-likeness (QED) is 0.386. The van der Waals surface area contributed by atoms with E-state index in [0.29, 0.717) is 18.0 Å². The molecule has 0 saturated heterocycles. The standard InChI is InChI=1S/C24H21F2N3O2S.ClH/c25-7-10-28-8-6-21-20-4-3-18(11-22(20)32-23(21)14-28)29-9-5-19(12-24(29)30)31-15-17-2-1-16(26)13-27-17;/h1-5,9,11-13H,6-8,10,14-15H2;1H. The minimum atomic E-state index is -0.406. The normalized spacial score (nSPS) is 13.5. The molecular weight excluding hydrogens is 468 g/mol. The lowest BCUT2D eigenvalue weighted by Gasteiger charge is -2.25. The van der Waals surface area contributed by atoms with Crippen molar-refractivity contribution < 1.29 is 13.5 Å². The largest absolute Gasteiger partial charge is 0.487 e. The smallest absolute Gasteiger partial charge is 0.258 e. The maximum Gasteiger partial charge on any atom is 0.258 e. The number of nitrogens with zero attached hydrogens (tertiary/aromatic N) is 3. The highest BCUT2D eigenvalue weighted by molar-refractivity contribution is 7.19. The maximum atomic E-state index is 13.0. The fraction of sp³-hybridized carbons (Fsp3) is 0.250. The fourth-order valence-electron chi connectivity index (χ4n) is 4.02. The molecule has 5 nitrogen and oxygen atoms in total. The zero-order valence-electron chi connectivity index (χ0n) is 17.7. The molecule has 3 aromatic heterocycles. The molecule has 4 heterocycles. The molecule has 4 aromatic rings. The first-order valence-corrected chi connectivity index (χ1v) is 11.2. The topological polar surface area (TPSA) is 47.4 Å². The van der Waals surface area contributed by atoms with E-state index in [-0.39, 0.29) is 31.2 Å². The third kappa shape index (κ3) is 4.93. The van der Waals surface area contributed by atoms with Crippen LogP contribution in [0.5, 0.6) is 5.75 Å². The molecule has 0 N–H and O–H groups in total. The number of alkyl halides is 1. The highest BCUT2D eigenvalue weighted by Gasteiger charge is 2.21. The molecule has 0 radical (unpaired) electrons. The van der Waals surface area contributed by atoms with Gasteiger partial charge in [0.25, 0.3) is 5.56 Å². The summed E-state index contributed by atoms with van der Waals surface area (Å²) in [7, 11) is 0. The van der Waals surface area contributed by atoms with Crippen LogP contribution in [0.1, 0.15) is 16.1 Å². The van der Waals surface area contributed by atoms with Gasteiger partial charge in [-0.3, -0.25) is 19.2 Å². The van der Waals surface area contributed by atoms with Crippen molar-refractivity contribution in [1.29, 1.82) is 0 Å². The Morgan fingerprint density at radius 2 is 2.03 bits per heavy atom. The van der Waals surface area contributed by atoms with Crippen LogP contribution < -0.4 is 10.3 Å². The summed E-state index contributed by atoms with van der Waals surface area (Å²) < 4.78 is 34.0. The molecule has 0 spiro atoms. The second-order valence-corrected chi connectivity index (χ2v) is 8.86. The van der Waals surface area contributed by atoms with Crippen molar-refractivity contribution in [2.24, 2.45) is 0 Å². The number of thiophene rings is 1. The summed E-state index contributed by atoms with van der Waals surface area (Å²) in [6.45, 7) is 1.95. The van der Waals surface area contributed by atoms with Crippen LogP contribution in [-0.4, -0.2) is 34.2 Å². The average molecular weight is 490 g/mol. The summed E-state index contributed by atoms with van der Waals surface area (Å²) in [5, 5.41) is 1.22. The Labute approximate surface area is 199 Å². The van der Waals surface area contributed by atoms with Crippen LogP contribution in [0.2, 0.25) is 0 Å². The van der Waals surface area contributed by atoms with E-state index in [9.17, 15) is 13.6 Å². The molecule has 9 heteroatoms.